The van der Waals surface area contributed by atoms with Gasteiger partial charge in [-0.2, -0.15) is 0 Å². The number of benzene rings is 3. The van der Waals surface area contributed by atoms with Crippen LogP contribution in [-0.4, -0.2) is 25.8 Å². The summed E-state index contributed by atoms with van der Waals surface area (Å²) in [7, 11) is 0. The third-order valence-corrected chi connectivity index (χ3v) is 6.10. The van der Waals surface area contributed by atoms with Crippen LogP contribution in [0.25, 0.3) is 33.6 Å². The van der Waals surface area contributed by atoms with Gasteiger partial charge in [-0.3, -0.25) is 4.79 Å². The maximum Gasteiger partial charge on any atom is 0.251 e. The molecule has 2 heterocycles. The van der Waals surface area contributed by atoms with E-state index in [4.69, 9.17) is 0 Å². The number of imidazole rings is 2. The number of nitrogens with one attached hydrogen (secondary N) is 3. The molecule has 174 valence electrons. The maximum absolute atomic E-state index is 12.7. The summed E-state index contributed by atoms with van der Waals surface area (Å²) in [6, 6.07) is 25.8. The lowest BCUT2D eigenvalue weighted by Crippen LogP contribution is -2.32. The summed E-state index contributed by atoms with van der Waals surface area (Å²) in [5.74, 6) is 0.816. The topological polar surface area (TPSA) is 86.5 Å². The Morgan fingerprint density at radius 1 is 0.771 bits per heavy atom. The van der Waals surface area contributed by atoms with Gasteiger partial charge in [-0.25, -0.2) is 9.97 Å². The zero-order valence-corrected chi connectivity index (χ0v) is 19.7. The summed E-state index contributed by atoms with van der Waals surface area (Å²) in [6.45, 7) is 4.15. The Morgan fingerprint density at radius 2 is 1.37 bits per heavy atom. The Kier molecular flexibility index (Phi) is 6.26. The molecule has 1 atom stereocenters. The highest BCUT2D eigenvalue weighted by Crippen LogP contribution is 2.28. The van der Waals surface area contributed by atoms with E-state index in [1.54, 1.807) is 6.33 Å². The van der Waals surface area contributed by atoms with E-state index in [9.17, 15) is 4.79 Å². The zero-order chi connectivity index (χ0) is 24.2. The highest BCUT2D eigenvalue weighted by Gasteiger charge is 2.22. The van der Waals surface area contributed by atoms with Crippen molar-refractivity contribution in [2.45, 2.75) is 19.9 Å². The van der Waals surface area contributed by atoms with Gasteiger partial charge in [0.2, 0.25) is 0 Å². The van der Waals surface area contributed by atoms with Crippen molar-refractivity contribution in [1.29, 1.82) is 0 Å². The fraction of sp³-hybridized carbons (Fsp3) is 0.138. The third-order valence-electron chi connectivity index (χ3n) is 6.10. The third kappa shape index (κ3) is 4.92. The van der Waals surface area contributed by atoms with Gasteiger partial charge in [0.1, 0.15) is 5.82 Å². The first-order valence-corrected chi connectivity index (χ1v) is 11.7. The Hall–Kier alpha value is -4.45. The average Bonchev–Trinajstić information content (AvgIpc) is 3.61. The first-order valence-electron chi connectivity index (χ1n) is 11.7. The number of amides is 1. The summed E-state index contributed by atoms with van der Waals surface area (Å²) in [5, 5.41) is 3.12. The summed E-state index contributed by atoms with van der Waals surface area (Å²) < 4.78 is 0. The summed E-state index contributed by atoms with van der Waals surface area (Å²) >= 11 is 0. The van der Waals surface area contributed by atoms with Crippen LogP contribution in [0, 0.1) is 5.92 Å². The molecule has 0 saturated carbocycles. The SMILES string of the molecule is CC(C)C(NC(=O)c1ccccc1)c1ncc(-c2ccc(-c3ccc(-c4cnc[nH]4)cc3)cc2)[nH]1. The molecule has 0 bridgehead atoms. The first-order chi connectivity index (χ1) is 17.1. The van der Waals surface area contributed by atoms with Crippen molar-refractivity contribution in [1.82, 2.24) is 25.3 Å². The number of rotatable bonds is 7. The predicted molar refractivity (Wildman–Crippen MR) is 139 cm³/mol. The van der Waals surface area contributed by atoms with E-state index in [1.807, 2.05) is 42.7 Å². The van der Waals surface area contributed by atoms with Gasteiger partial charge in [-0.1, -0.05) is 80.6 Å². The van der Waals surface area contributed by atoms with Crippen molar-refractivity contribution >= 4 is 5.91 Å². The summed E-state index contributed by atoms with van der Waals surface area (Å²) in [5.41, 5.74) is 6.99. The Bertz CT molecular complexity index is 1390. The maximum atomic E-state index is 12.7. The van der Waals surface area contributed by atoms with E-state index in [0.29, 0.717) is 5.56 Å². The van der Waals surface area contributed by atoms with Crippen LogP contribution in [0.5, 0.6) is 0 Å². The Morgan fingerprint density at radius 3 is 1.94 bits per heavy atom. The van der Waals surface area contributed by atoms with Crippen LogP contribution >= 0.6 is 0 Å². The second-order valence-corrected chi connectivity index (χ2v) is 8.86. The van der Waals surface area contributed by atoms with Crippen molar-refractivity contribution in [2.75, 3.05) is 0 Å². The molecule has 0 aliphatic rings. The number of hydrogen-bond donors (Lipinski definition) is 3. The van der Waals surface area contributed by atoms with E-state index >= 15 is 0 Å². The standard InChI is InChI=1S/C29H27N5O/c1-19(2)27(34-29(35)24-6-4-3-5-7-24)28-31-17-26(33-28)23-14-10-21(11-15-23)20-8-12-22(13-9-20)25-16-30-18-32-25/h3-19,27H,1-2H3,(H,30,32)(H,31,33)(H,34,35). The smallest absolute Gasteiger partial charge is 0.251 e. The largest absolute Gasteiger partial charge is 0.345 e. The van der Waals surface area contributed by atoms with Crippen LogP contribution < -0.4 is 5.32 Å². The molecule has 0 radical (unpaired) electrons. The van der Waals surface area contributed by atoms with Crippen molar-refractivity contribution in [3.63, 3.8) is 0 Å². The fourth-order valence-electron chi connectivity index (χ4n) is 4.10. The van der Waals surface area contributed by atoms with E-state index in [1.165, 1.54) is 0 Å². The van der Waals surface area contributed by atoms with Crippen molar-refractivity contribution in [3.05, 3.63) is 109 Å². The number of hydrogen-bond acceptors (Lipinski definition) is 3. The monoisotopic (exact) mass is 461 g/mol. The molecule has 0 aliphatic heterocycles. The van der Waals surface area contributed by atoms with Gasteiger partial charge < -0.3 is 15.3 Å². The number of aromatic amines is 2. The molecule has 6 heteroatoms. The second kappa shape index (κ2) is 9.81. The van der Waals surface area contributed by atoms with Crippen LogP contribution in [0.2, 0.25) is 0 Å². The summed E-state index contributed by atoms with van der Waals surface area (Å²) in [6.07, 6.45) is 5.33. The van der Waals surface area contributed by atoms with Crippen molar-refractivity contribution in [2.24, 2.45) is 5.92 Å². The van der Waals surface area contributed by atoms with Crippen LogP contribution in [0.4, 0.5) is 0 Å². The summed E-state index contributed by atoms with van der Waals surface area (Å²) in [4.78, 5) is 27.9. The van der Waals surface area contributed by atoms with E-state index in [0.717, 1.165) is 39.5 Å². The molecule has 1 amide bonds. The minimum atomic E-state index is -0.218. The Balaban J connectivity index is 1.32. The molecule has 0 saturated heterocycles. The van der Waals surface area contributed by atoms with Gasteiger partial charge in [-0.15, -0.1) is 0 Å². The molecule has 5 aromatic rings. The molecule has 2 aromatic heterocycles. The normalized spacial score (nSPS) is 12.0. The molecular formula is C29H27N5O. The highest BCUT2D eigenvalue weighted by atomic mass is 16.1. The van der Waals surface area contributed by atoms with Gasteiger partial charge in [0.15, 0.2) is 0 Å². The number of nitrogens with zero attached hydrogens (tertiary/aromatic N) is 2. The van der Waals surface area contributed by atoms with E-state index in [-0.39, 0.29) is 17.9 Å². The highest BCUT2D eigenvalue weighted by molar-refractivity contribution is 5.94. The van der Waals surface area contributed by atoms with Gasteiger partial charge in [0.05, 0.1) is 36.2 Å². The number of carbonyl (C=O) groups excluding carboxylic acids is 1. The lowest BCUT2D eigenvalue weighted by Gasteiger charge is -2.20. The van der Waals surface area contributed by atoms with Crippen LogP contribution in [0.1, 0.15) is 36.1 Å². The fourth-order valence-corrected chi connectivity index (χ4v) is 4.10. The molecule has 3 aromatic carbocycles. The predicted octanol–water partition coefficient (Wildman–Crippen LogP) is 6.26. The second-order valence-electron chi connectivity index (χ2n) is 8.86. The molecule has 5 rings (SSSR count). The molecule has 0 aliphatic carbocycles. The molecule has 0 fully saturated rings. The lowest BCUT2D eigenvalue weighted by molar-refractivity contribution is 0.0923. The molecule has 6 nitrogen and oxygen atoms in total. The van der Waals surface area contributed by atoms with Crippen molar-refractivity contribution in [3.8, 4) is 33.6 Å². The zero-order valence-electron chi connectivity index (χ0n) is 19.7. The van der Waals surface area contributed by atoms with Crippen molar-refractivity contribution < 1.29 is 4.79 Å². The number of H-pyrrole nitrogens is 2. The lowest BCUT2D eigenvalue weighted by atomic mass is 10.0. The number of aromatic nitrogens is 4. The van der Waals surface area contributed by atoms with Gasteiger partial charge in [0.25, 0.3) is 5.91 Å². The molecule has 0 spiro atoms. The molecule has 35 heavy (non-hydrogen) atoms. The van der Waals surface area contributed by atoms with E-state index < -0.39 is 0 Å². The van der Waals surface area contributed by atoms with Gasteiger partial charge in [0, 0.05) is 5.56 Å². The van der Waals surface area contributed by atoms with Crippen LogP contribution in [-0.2, 0) is 0 Å². The number of carbonyl (C=O) groups is 1. The Labute approximate surface area is 204 Å². The first kappa shape index (κ1) is 22.3. The van der Waals surface area contributed by atoms with Crippen LogP contribution in [0.15, 0.2) is 97.6 Å². The molecular weight excluding hydrogens is 434 g/mol. The average molecular weight is 462 g/mol. The molecule has 1 unspecified atom stereocenters. The quantitative estimate of drug-likeness (QED) is 0.267. The van der Waals surface area contributed by atoms with Gasteiger partial charge in [-0.05, 0) is 40.3 Å². The van der Waals surface area contributed by atoms with Gasteiger partial charge >= 0.3 is 0 Å². The van der Waals surface area contributed by atoms with E-state index in [2.05, 4.69) is 87.6 Å². The molecule has 3 N–H and O–H groups in total. The minimum Gasteiger partial charge on any atom is -0.345 e. The van der Waals surface area contributed by atoms with Crippen LogP contribution in [0.3, 0.4) is 0 Å². The minimum absolute atomic E-state index is 0.106.